The first-order chi connectivity index (χ1) is 7.81. The van der Waals surface area contributed by atoms with Crippen LogP contribution in [0.1, 0.15) is 0 Å². The van der Waals surface area contributed by atoms with E-state index in [9.17, 15) is 4.79 Å². The number of nitrogens with zero attached hydrogens (tertiary/aromatic N) is 5. The zero-order valence-electron chi connectivity index (χ0n) is 8.03. The van der Waals surface area contributed by atoms with Gasteiger partial charge in [0.1, 0.15) is 12.0 Å². The fraction of sp³-hybridized carbons (Fsp3) is 0. The van der Waals surface area contributed by atoms with Crippen molar-refractivity contribution in [2.24, 2.45) is 10.2 Å². The van der Waals surface area contributed by atoms with Gasteiger partial charge in [-0.05, 0) is 12.1 Å². The highest BCUT2D eigenvalue weighted by Crippen LogP contribution is 2.01. The lowest BCUT2D eigenvalue weighted by Gasteiger charge is -2.00. The fourth-order valence-electron chi connectivity index (χ4n) is 1.10. The predicted octanol–water partition coefficient (Wildman–Crippen LogP) is 0.131. The maximum absolute atomic E-state index is 11.6. The molecule has 1 aliphatic heterocycles. The molecule has 78 valence electrons. The lowest BCUT2D eigenvalue weighted by molar-refractivity contribution is -0.110. The number of anilines is 1. The van der Waals surface area contributed by atoms with E-state index in [0.717, 1.165) is 0 Å². The average molecular weight is 214 g/mol. The molecule has 1 N–H and O–H groups in total. The molecular weight excluding hydrogens is 208 g/mol. The molecule has 0 fully saturated rings. The molecule has 1 aliphatic rings. The minimum Gasteiger partial charge on any atom is -0.361 e. The molecule has 0 unspecified atom stereocenters. The summed E-state index contributed by atoms with van der Waals surface area (Å²) in [6.07, 6.45) is 2.73. The van der Waals surface area contributed by atoms with Gasteiger partial charge >= 0.3 is 5.71 Å². The molecule has 0 aliphatic carbocycles. The summed E-state index contributed by atoms with van der Waals surface area (Å²) < 4.78 is 0. The summed E-state index contributed by atoms with van der Waals surface area (Å²) in [7, 11) is 0. The second-order valence-electron chi connectivity index (χ2n) is 2.85. The molecule has 1 aromatic heterocycles. The summed E-state index contributed by atoms with van der Waals surface area (Å²) >= 11 is 0. The highest BCUT2D eigenvalue weighted by Gasteiger charge is 2.27. The van der Waals surface area contributed by atoms with Crippen LogP contribution in [0, 0.1) is 0 Å². The van der Waals surface area contributed by atoms with Crippen molar-refractivity contribution in [3.05, 3.63) is 29.9 Å². The Morgan fingerprint density at radius 3 is 3.00 bits per heavy atom. The van der Waals surface area contributed by atoms with Gasteiger partial charge < -0.3 is 10.8 Å². The first-order valence-corrected chi connectivity index (χ1v) is 4.37. The van der Waals surface area contributed by atoms with Crippen molar-refractivity contribution in [1.29, 1.82) is 0 Å². The fourth-order valence-corrected chi connectivity index (χ4v) is 1.10. The molecular formula is C9H6N6O. The number of nitrogens with one attached hydrogen (secondary N) is 1. The first kappa shape index (κ1) is 9.88. The van der Waals surface area contributed by atoms with Crippen molar-refractivity contribution in [3.8, 4) is 0 Å². The molecule has 2 heterocycles. The van der Waals surface area contributed by atoms with E-state index in [-0.39, 0.29) is 11.4 Å². The molecule has 1 amide bonds. The van der Waals surface area contributed by atoms with E-state index in [4.69, 9.17) is 5.53 Å². The standard InChI is InChI=1S/C9H6N6O/c10-14-6-5-12-15-8(6)9(16)13-7-3-1-2-4-11-7/h1-5H,(H,11,13,16). The van der Waals surface area contributed by atoms with Crippen LogP contribution < -0.4 is 5.32 Å². The maximum Gasteiger partial charge on any atom is 0.368 e. The molecule has 0 aromatic carbocycles. The van der Waals surface area contributed by atoms with Crippen molar-refractivity contribution < 1.29 is 9.58 Å². The van der Waals surface area contributed by atoms with Gasteiger partial charge in [0, 0.05) is 6.20 Å². The van der Waals surface area contributed by atoms with E-state index in [0.29, 0.717) is 5.82 Å². The number of pyridine rings is 1. The van der Waals surface area contributed by atoms with Crippen LogP contribution in [0.5, 0.6) is 0 Å². The molecule has 2 rings (SSSR count). The summed E-state index contributed by atoms with van der Waals surface area (Å²) in [6, 6.07) is 5.09. The van der Waals surface area contributed by atoms with Crippen LogP contribution in [0.3, 0.4) is 0 Å². The Kier molecular flexibility index (Phi) is 2.62. The van der Waals surface area contributed by atoms with Crippen molar-refractivity contribution in [1.82, 2.24) is 4.98 Å². The van der Waals surface area contributed by atoms with Gasteiger partial charge in [0.25, 0.3) is 5.91 Å². The number of aromatic nitrogens is 1. The summed E-state index contributed by atoms with van der Waals surface area (Å²) in [5.41, 5.74) is 8.55. The van der Waals surface area contributed by atoms with Crippen LogP contribution in [0.25, 0.3) is 5.53 Å². The molecule has 0 atom stereocenters. The van der Waals surface area contributed by atoms with E-state index in [2.05, 4.69) is 25.3 Å². The van der Waals surface area contributed by atoms with Crippen LogP contribution in [-0.4, -0.2) is 33.3 Å². The highest BCUT2D eigenvalue weighted by atomic mass is 16.2. The van der Waals surface area contributed by atoms with E-state index in [1.807, 2.05) is 0 Å². The third kappa shape index (κ3) is 1.89. The number of amides is 1. The molecule has 0 bridgehead atoms. The Balaban J connectivity index is 2.14. The van der Waals surface area contributed by atoms with Crippen molar-refractivity contribution in [2.75, 3.05) is 5.32 Å². The molecule has 16 heavy (non-hydrogen) atoms. The first-order valence-electron chi connectivity index (χ1n) is 4.37. The molecule has 0 saturated heterocycles. The second-order valence-corrected chi connectivity index (χ2v) is 2.85. The number of hydrogen-bond donors (Lipinski definition) is 1. The Labute approximate surface area is 90.2 Å². The van der Waals surface area contributed by atoms with Crippen molar-refractivity contribution >= 4 is 29.4 Å². The largest absolute Gasteiger partial charge is 0.368 e. The summed E-state index contributed by atoms with van der Waals surface area (Å²) in [6.45, 7) is 0. The van der Waals surface area contributed by atoms with Gasteiger partial charge in [-0.3, -0.25) is 4.79 Å². The lowest BCUT2D eigenvalue weighted by atomic mass is 10.2. The normalized spacial score (nSPS) is 13.2. The van der Waals surface area contributed by atoms with Crippen molar-refractivity contribution in [2.45, 2.75) is 0 Å². The van der Waals surface area contributed by atoms with Crippen LogP contribution in [-0.2, 0) is 4.79 Å². The minimum absolute atomic E-state index is 0.0217. The Hall–Kier alpha value is -2.66. The van der Waals surface area contributed by atoms with E-state index in [1.54, 1.807) is 24.4 Å². The second kappa shape index (κ2) is 4.24. The summed E-state index contributed by atoms with van der Waals surface area (Å²) in [4.78, 5) is 18.4. The van der Waals surface area contributed by atoms with Crippen LogP contribution in [0.2, 0.25) is 0 Å². The number of carbonyl (C=O) groups is 1. The van der Waals surface area contributed by atoms with Gasteiger partial charge in [-0.15, -0.1) is 10.2 Å². The maximum atomic E-state index is 11.6. The van der Waals surface area contributed by atoms with Crippen LogP contribution >= 0.6 is 0 Å². The van der Waals surface area contributed by atoms with Gasteiger partial charge in [-0.25, -0.2) is 4.98 Å². The number of carbonyl (C=O) groups excluding carboxylic acids is 1. The summed E-state index contributed by atoms with van der Waals surface area (Å²) in [5.74, 6) is -0.136. The van der Waals surface area contributed by atoms with E-state index >= 15 is 0 Å². The Morgan fingerprint density at radius 1 is 1.44 bits per heavy atom. The third-order valence-electron chi connectivity index (χ3n) is 1.81. The number of hydrogen-bond acceptors (Lipinski definition) is 4. The van der Waals surface area contributed by atoms with Gasteiger partial charge in [-0.1, -0.05) is 6.07 Å². The molecule has 0 saturated carbocycles. The van der Waals surface area contributed by atoms with Gasteiger partial charge in [0.2, 0.25) is 5.71 Å². The molecule has 0 radical (unpaired) electrons. The van der Waals surface area contributed by atoms with Crippen LogP contribution in [0.15, 0.2) is 34.6 Å². The molecule has 1 aromatic rings. The van der Waals surface area contributed by atoms with Gasteiger partial charge in [-0.2, -0.15) is 4.79 Å². The van der Waals surface area contributed by atoms with E-state index < -0.39 is 5.91 Å². The highest BCUT2D eigenvalue weighted by molar-refractivity contribution is 6.79. The molecule has 7 heteroatoms. The monoisotopic (exact) mass is 214 g/mol. The average Bonchev–Trinajstić information content (AvgIpc) is 2.78. The smallest absolute Gasteiger partial charge is 0.361 e. The Morgan fingerprint density at radius 2 is 2.31 bits per heavy atom. The number of rotatable bonds is 2. The minimum atomic E-state index is -0.524. The SMILES string of the molecule is [N-]=[N+]=C1C=NN=C1C(=O)Nc1ccccn1. The molecule has 0 spiro atoms. The zero-order chi connectivity index (χ0) is 11.4. The lowest BCUT2D eigenvalue weighted by Crippen LogP contribution is -2.29. The van der Waals surface area contributed by atoms with Gasteiger partial charge in [0.15, 0.2) is 0 Å². The van der Waals surface area contributed by atoms with E-state index in [1.165, 1.54) is 6.21 Å². The Bertz CT molecular complexity index is 526. The van der Waals surface area contributed by atoms with Crippen LogP contribution in [0.4, 0.5) is 5.82 Å². The van der Waals surface area contributed by atoms with Crippen molar-refractivity contribution in [3.63, 3.8) is 0 Å². The zero-order valence-corrected chi connectivity index (χ0v) is 8.03. The third-order valence-corrected chi connectivity index (χ3v) is 1.81. The predicted molar refractivity (Wildman–Crippen MR) is 57.4 cm³/mol. The van der Waals surface area contributed by atoms with Gasteiger partial charge in [0.05, 0.1) is 0 Å². The molecule has 7 nitrogen and oxygen atoms in total. The quantitative estimate of drug-likeness (QED) is 0.558. The summed E-state index contributed by atoms with van der Waals surface area (Å²) in [5, 5.41) is 9.51. The topological polar surface area (TPSA) is 103 Å².